The van der Waals surface area contributed by atoms with Crippen LogP contribution in [0.2, 0.25) is 0 Å². The quantitative estimate of drug-likeness (QED) is 0.635. The van der Waals surface area contributed by atoms with E-state index in [0.29, 0.717) is 13.1 Å². The lowest BCUT2D eigenvalue weighted by Crippen LogP contribution is -2.30. The molecule has 1 aromatic carbocycles. The summed E-state index contributed by atoms with van der Waals surface area (Å²) in [5, 5.41) is 2.61. The van der Waals surface area contributed by atoms with Crippen molar-refractivity contribution in [3.8, 4) is 0 Å². The lowest BCUT2D eigenvalue weighted by atomic mass is 10.2. The SMILES string of the molecule is CCN(CC)S(=O)(=O)c1ccc(CNC(=O)COC(=O)c2ccccn2)cc1. The van der Waals surface area contributed by atoms with Crippen LogP contribution in [0.3, 0.4) is 0 Å². The second-order valence-electron chi connectivity index (χ2n) is 5.80. The molecule has 0 atom stereocenters. The highest BCUT2D eigenvalue weighted by Gasteiger charge is 2.21. The largest absolute Gasteiger partial charge is 0.451 e. The van der Waals surface area contributed by atoms with Gasteiger partial charge < -0.3 is 10.1 Å². The van der Waals surface area contributed by atoms with Gasteiger partial charge in [-0.05, 0) is 29.8 Å². The molecule has 0 bridgehead atoms. The Morgan fingerprint density at radius 3 is 2.32 bits per heavy atom. The number of hydrogen-bond donors (Lipinski definition) is 1. The molecule has 9 heteroatoms. The Labute approximate surface area is 164 Å². The number of nitrogens with one attached hydrogen (secondary N) is 1. The number of carbonyl (C=O) groups is 2. The molecule has 0 radical (unpaired) electrons. The molecule has 1 heterocycles. The van der Waals surface area contributed by atoms with E-state index in [4.69, 9.17) is 4.74 Å². The molecule has 1 amide bonds. The lowest BCUT2D eigenvalue weighted by molar-refractivity contribution is -0.124. The summed E-state index contributed by atoms with van der Waals surface area (Å²) in [6.07, 6.45) is 1.46. The maximum absolute atomic E-state index is 12.4. The zero-order valence-electron chi connectivity index (χ0n) is 15.8. The molecule has 2 rings (SSSR count). The monoisotopic (exact) mass is 405 g/mol. The first-order valence-corrected chi connectivity index (χ1v) is 10.3. The van der Waals surface area contributed by atoms with E-state index >= 15 is 0 Å². The number of carbonyl (C=O) groups excluding carboxylic acids is 2. The van der Waals surface area contributed by atoms with Gasteiger partial charge in [0.05, 0.1) is 4.90 Å². The first kappa shape index (κ1) is 21.5. The highest BCUT2D eigenvalue weighted by atomic mass is 32.2. The van der Waals surface area contributed by atoms with E-state index in [1.807, 2.05) is 0 Å². The number of nitrogens with zero attached hydrogens (tertiary/aromatic N) is 2. The number of amides is 1. The molecule has 0 fully saturated rings. The Morgan fingerprint density at radius 2 is 1.75 bits per heavy atom. The molecule has 150 valence electrons. The standard InChI is InChI=1S/C19H23N3O5S/c1-3-22(4-2)28(25,26)16-10-8-15(9-11-16)13-21-18(23)14-27-19(24)17-7-5-6-12-20-17/h5-12H,3-4,13-14H2,1-2H3,(H,21,23). The number of sulfonamides is 1. The van der Waals surface area contributed by atoms with Gasteiger partial charge in [0.25, 0.3) is 5.91 Å². The van der Waals surface area contributed by atoms with Crippen LogP contribution in [0.4, 0.5) is 0 Å². The van der Waals surface area contributed by atoms with E-state index in [2.05, 4.69) is 10.3 Å². The van der Waals surface area contributed by atoms with Crippen LogP contribution < -0.4 is 5.32 Å². The van der Waals surface area contributed by atoms with Crippen LogP contribution in [0.5, 0.6) is 0 Å². The highest BCUT2D eigenvalue weighted by molar-refractivity contribution is 7.89. The smallest absolute Gasteiger partial charge is 0.357 e. The number of esters is 1. The summed E-state index contributed by atoms with van der Waals surface area (Å²) in [7, 11) is -3.51. The van der Waals surface area contributed by atoms with Gasteiger partial charge in [-0.2, -0.15) is 4.31 Å². The summed E-state index contributed by atoms with van der Waals surface area (Å²) in [6.45, 7) is 4.12. The minimum Gasteiger partial charge on any atom is -0.451 e. The average Bonchev–Trinajstić information content (AvgIpc) is 2.72. The van der Waals surface area contributed by atoms with Crippen molar-refractivity contribution in [3.05, 3.63) is 59.9 Å². The van der Waals surface area contributed by atoms with Crippen LogP contribution >= 0.6 is 0 Å². The van der Waals surface area contributed by atoms with Crippen LogP contribution in [-0.2, 0) is 26.1 Å². The van der Waals surface area contributed by atoms with E-state index in [-0.39, 0.29) is 17.1 Å². The van der Waals surface area contributed by atoms with Gasteiger partial charge in [0.2, 0.25) is 10.0 Å². The minimum absolute atomic E-state index is 0.125. The van der Waals surface area contributed by atoms with E-state index in [1.165, 1.54) is 28.7 Å². The molecule has 8 nitrogen and oxygen atoms in total. The zero-order valence-corrected chi connectivity index (χ0v) is 16.6. The van der Waals surface area contributed by atoms with Gasteiger partial charge in [-0.3, -0.25) is 4.79 Å². The molecule has 0 unspecified atom stereocenters. The normalized spacial score (nSPS) is 11.2. The molecule has 0 saturated heterocycles. The molecule has 0 saturated carbocycles. The summed E-state index contributed by atoms with van der Waals surface area (Å²) in [5.41, 5.74) is 0.850. The number of rotatable bonds is 9. The summed E-state index contributed by atoms with van der Waals surface area (Å²) in [6, 6.07) is 11.1. The van der Waals surface area contributed by atoms with Gasteiger partial charge in [0.1, 0.15) is 5.69 Å². The van der Waals surface area contributed by atoms with Crippen LogP contribution in [-0.4, -0.2) is 49.3 Å². The zero-order chi connectivity index (χ0) is 20.6. The third-order valence-electron chi connectivity index (χ3n) is 3.96. The van der Waals surface area contributed by atoms with Crippen molar-refractivity contribution >= 4 is 21.9 Å². The second kappa shape index (κ2) is 9.95. The summed E-state index contributed by atoms with van der Waals surface area (Å²) in [5.74, 6) is -1.15. The number of ether oxygens (including phenoxy) is 1. The van der Waals surface area contributed by atoms with Crippen LogP contribution in [0.1, 0.15) is 29.9 Å². The third kappa shape index (κ3) is 5.61. The van der Waals surface area contributed by atoms with Crippen molar-refractivity contribution in [1.29, 1.82) is 0 Å². The van der Waals surface area contributed by atoms with Crippen molar-refractivity contribution in [3.63, 3.8) is 0 Å². The number of hydrogen-bond acceptors (Lipinski definition) is 6. The van der Waals surface area contributed by atoms with Gasteiger partial charge in [-0.15, -0.1) is 0 Å². The van der Waals surface area contributed by atoms with Gasteiger partial charge >= 0.3 is 5.97 Å². The molecule has 0 spiro atoms. The predicted octanol–water partition coefficient (Wildman–Crippen LogP) is 1.59. The Balaban J connectivity index is 1.86. The van der Waals surface area contributed by atoms with Gasteiger partial charge in [-0.25, -0.2) is 18.2 Å². The Morgan fingerprint density at radius 1 is 1.07 bits per heavy atom. The first-order valence-electron chi connectivity index (χ1n) is 8.82. The predicted molar refractivity (Wildman–Crippen MR) is 103 cm³/mol. The number of benzene rings is 1. The fraction of sp³-hybridized carbons (Fsp3) is 0.316. The molecule has 1 aromatic heterocycles. The van der Waals surface area contributed by atoms with Crippen molar-refractivity contribution in [2.45, 2.75) is 25.3 Å². The summed E-state index contributed by atoms with van der Waals surface area (Å²) < 4.78 is 31.2. The summed E-state index contributed by atoms with van der Waals surface area (Å²) in [4.78, 5) is 27.6. The Hall–Kier alpha value is -2.78. The van der Waals surface area contributed by atoms with E-state index < -0.39 is 28.5 Å². The van der Waals surface area contributed by atoms with E-state index in [1.54, 1.807) is 38.1 Å². The molecule has 2 aromatic rings. The van der Waals surface area contributed by atoms with Crippen molar-refractivity contribution in [2.75, 3.05) is 19.7 Å². The van der Waals surface area contributed by atoms with Crippen molar-refractivity contribution in [1.82, 2.24) is 14.6 Å². The average molecular weight is 405 g/mol. The third-order valence-corrected chi connectivity index (χ3v) is 6.03. The van der Waals surface area contributed by atoms with Crippen LogP contribution in [0.25, 0.3) is 0 Å². The molecule has 1 N–H and O–H groups in total. The molecule has 0 aliphatic rings. The Kier molecular flexibility index (Phi) is 7.65. The molecule has 0 aliphatic heterocycles. The van der Waals surface area contributed by atoms with E-state index in [0.717, 1.165) is 5.56 Å². The Bertz CT molecular complexity index is 895. The topological polar surface area (TPSA) is 106 Å². The van der Waals surface area contributed by atoms with Crippen LogP contribution in [0.15, 0.2) is 53.6 Å². The first-order chi connectivity index (χ1) is 13.4. The molecular weight excluding hydrogens is 382 g/mol. The van der Waals surface area contributed by atoms with E-state index in [9.17, 15) is 18.0 Å². The fourth-order valence-electron chi connectivity index (χ4n) is 2.43. The second-order valence-corrected chi connectivity index (χ2v) is 7.74. The maximum atomic E-state index is 12.4. The van der Waals surface area contributed by atoms with Crippen molar-refractivity contribution < 1.29 is 22.7 Å². The van der Waals surface area contributed by atoms with Gasteiger partial charge in [0, 0.05) is 25.8 Å². The maximum Gasteiger partial charge on any atom is 0.357 e. The van der Waals surface area contributed by atoms with Crippen molar-refractivity contribution in [2.24, 2.45) is 0 Å². The molecule has 0 aliphatic carbocycles. The van der Waals surface area contributed by atoms with Gasteiger partial charge in [-0.1, -0.05) is 32.0 Å². The lowest BCUT2D eigenvalue weighted by Gasteiger charge is -2.18. The molecule has 28 heavy (non-hydrogen) atoms. The highest BCUT2D eigenvalue weighted by Crippen LogP contribution is 2.16. The minimum atomic E-state index is -3.51. The van der Waals surface area contributed by atoms with Gasteiger partial charge in [0.15, 0.2) is 6.61 Å². The number of pyridine rings is 1. The summed E-state index contributed by atoms with van der Waals surface area (Å²) >= 11 is 0. The molecular formula is C19H23N3O5S. The fourth-order valence-corrected chi connectivity index (χ4v) is 3.89. The van der Waals surface area contributed by atoms with Crippen LogP contribution in [0, 0.1) is 0 Å². The number of aromatic nitrogens is 1.